The second kappa shape index (κ2) is 6.84. The number of carbonyl (C=O) groups is 2. The molecule has 0 bridgehead atoms. The maximum Gasteiger partial charge on any atom is 0.306 e. The fourth-order valence-electron chi connectivity index (χ4n) is 2.86. The van der Waals surface area contributed by atoms with E-state index in [0.717, 1.165) is 11.3 Å². The normalized spacial score (nSPS) is 17.7. The van der Waals surface area contributed by atoms with Crippen molar-refractivity contribution in [3.05, 3.63) is 47.8 Å². The number of hydrogen-bond acceptors (Lipinski definition) is 4. The summed E-state index contributed by atoms with van der Waals surface area (Å²) in [5.41, 5.74) is 2.45. The number of nitrogens with zero attached hydrogens (tertiary/aromatic N) is 3. The molecule has 126 valence electrons. The highest BCUT2D eigenvalue weighted by molar-refractivity contribution is 5.94. The first-order valence-electron chi connectivity index (χ1n) is 7.78. The second-order valence-electron chi connectivity index (χ2n) is 5.79. The molecule has 7 nitrogen and oxygen atoms in total. The van der Waals surface area contributed by atoms with Gasteiger partial charge in [-0.1, -0.05) is 0 Å². The van der Waals surface area contributed by atoms with Crippen LogP contribution >= 0.6 is 0 Å². The molecular weight excluding hydrogens is 310 g/mol. The predicted octanol–water partition coefficient (Wildman–Crippen LogP) is 1.50. The number of carboxylic acids is 1. The summed E-state index contributed by atoms with van der Waals surface area (Å²) in [7, 11) is 0. The van der Waals surface area contributed by atoms with Gasteiger partial charge in [0, 0.05) is 31.0 Å². The van der Waals surface area contributed by atoms with Crippen molar-refractivity contribution in [2.24, 2.45) is 0 Å². The Balaban J connectivity index is 1.75. The minimum atomic E-state index is -0.922. The number of amides is 1. The van der Waals surface area contributed by atoms with Crippen molar-refractivity contribution in [3.8, 4) is 5.69 Å². The zero-order valence-corrected chi connectivity index (χ0v) is 13.4. The number of hydrogen-bond donors (Lipinski definition) is 1. The van der Waals surface area contributed by atoms with Crippen molar-refractivity contribution < 1.29 is 19.4 Å². The van der Waals surface area contributed by atoms with Gasteiger partial charge in [-0.15, -0.1) is 0 Å². The van der Waals surface area contributed by atoms with Gasteiger partial charge >= 0.3 is 5.97 Å². The molecule has 1 aliphatic heterocycles. The van der Waals surface area contributed by atoms with Gasteiger partial charge in [-0.05, 0) is 36.8 Å². The molecule has 0 radical (unpaired) electrons. The van der Waals surface area contributed by atoms with Crippen LogP contribution in [0, 0.1) is 6.92 Å². The third-order valence-electron chi connectivity index (χ3n) is 4.02. The Morgan fingerprint density at radius 1 is 1.42 bits per heavy atom. The predicted molar refractivity (Wildman–Crippen MR) is 86.2 cm³/mol. The largest absolute Gasteiger partial charge is 0.481 e. The van der Waals surface area contributed by atoms with Crippen LogP contribution in [0.1, 0.15) is 22.3 Å². The van der Waals surface area contributed by atoms with Gasteiger partial charge < -0.3 is 14.7 Å². The van der Waals surface area contributed by atoms with Crippen LogP contribution in [-0.4, -0.2) is 57.5 Å². The lowest BCUT2D eigenvalue weighted by atomic mass is 10.1. The highest BCUT2D eigenvalue weighted by atomic mass is 16.5. The van der Waals surface area contributed by atoms with E-state index in [4.69, 9.17) is 9.84 Å². The lowest BCUT2D eigenvalue weighted by molar-refractivity contribution is -0.141. The molecule has 1 saturated heterocycles. The highest BCUT2D eigenvalue weighted by Crippen LogP contribution is 2.18. The van der Waals surface area contributed by atoms with Crippen molar-refractivity contribution >= 4 is 11.9 Å². The summed E-state index contributed by atoms with van der Waals surface area (Å²) in [6, 6.07) is 7.31. The van der Waals surface area contributed by atoms with Gasteiger partial charge in [0.1, 0.15) is 0 Å². The molecule has 3 rings (SSSR count). The molecular formula is C17H19N3O4. The van der Waals surface area contributed by atoms with E-state index in [-0.39, 0.29) is 12.3 Å². The molecule has 0 spiro atoms. The van der Waals surface area contributed by atoms with Crippen LogP contribution in [0.3, 0.4) is 0 Å². The molecule has 7 heteroatoms. The van der Waals surface area contributed by atoms with Crippen LogP contribution in [0.25, 0.3) is 5.69 Å². The standard InChI is InChI=1S/C17H19N3O4/c1-12-9-13(3-4-15(12)20-6-2-5-18-20)17(23)19-7-8-24-14(11-19)10-16(21)22/h2-6,9,14H,7-8,10-11H2,1H3,(H,21,22). The first-order chi connectivity index (χ1) is 11.5. The van der Waals surface area contributed by atoms with E-state index < -0.39 is 12.1 Å². The minimum absolute atomic E-state index is 0.0962. The van der Waals surface area contributed by atoms with Crippen molar-refractivity contribution in [1.82, 2.24) is 14.7 Å². The molecule has 2 heterocycles. The number of rotatable bonds is 4. The molecule has 1 amide bonds. The first-order valence-corrected chi connectivity index (χ1v) is 7.78. The number of carbonyl (C=O) groups excluding carboxylic acids is 1. The molecule has 1 atom stereocenters. The second-order valence-corrected chi connectivity index (χ2v) is 5.79. The Morgan fingerprint density at radius 3 is 2.92 bits per heavy atom. The van der Waals surface area contributed by atoms with Gasteiger partial charge in [-0.3, -0.25) is 9.59 Å². The zero-order chi connectivity index (χ0) is 17.1. The molecule has 0 aliphatic carbocycles. The first kappa shape index (κ1) is 16.2. The number of carboxylic acid groups (broad SMARTS) is 1. The van der Waals surface area contributed by atoms with E-state index in [1.165, 1.54) is 0 Å². The maximum absolute atomic E-state index is 12.7. The Labute approximate surface area is 139 Å². The van der Waals surface area contributed by atoms with Gasteiger partial charge in [0.2, 0.25) is 0 Å². The van der Waals surface area contributed by atoms with Crippen LogP contribution in [0.15, 0.2) is 36.7 Å². The Morgan fingerprint density at radius 2 is 2.25 bits per heavy atom. The summed E-state index contributed by atoms with van der Waals surface area (Å²) in [5.74, 6) is -1.03. The van der Waals surface area contributed by atoms with Crippen molar-refractivity contribution in [3.63, 3.8) is 0 Å². The Bertz CT molecular complexity index is 742. The fraction of sp³-hybridized carbons (Fsp3) is 0.353. The molecule has 1 fully saturated rings. The summed E-state index contributed by atoms with van der Waals surface area (Å²) in [6.45, 7) is 3.05. The van der Waals surface area contributed by atoms with E-state index in [0.29, 0.717) is 25.3 Å². The molecule has 1 aromatic heterocycles. The molecule has 1 N–H and O–H groups in total. The number of benzene rings is 1. The summed E-state index contributed by atoms with van der Waals surface area (Å²) < 4.78 is 7.16. The van der Waals surface area contributed by atoms with Gasteiger partial charge in [-0.2, -0.15) is 5.10 Å². The average Bonchev–Trinajstić information content (AvgIpc) is 3.08. The zero-order valence-electron chi connectivity index (χ0n) is 13.4. The van der Waals surface area contributed by atoms with E-state index in [9.17, 15) is 9.59 Å². The molecule has 1 aliphatic rings. The van der Waals surface area contributed by atoms with Crippen LogP contribution in [0.5, 0.6) is 0 Å². The molecule has 24 heavy (non-hydrogen) atoms. The Hall–Kier alpha value is -2.67. The number of ether oxygens (including phenoxy) is 1. The van der Waals surface area contributed by atoms with Crippen LogP contribution in [0.2, 0.25) is 0 Å². The third kappa shape index (κ3) is 3.46. The van der Waals surface area contributed by atoms with E-state index in [1.54, 1.807) is 21.8 Å². The lowest BCUT2D eigenvalue weighted by Gasteiger charge is -2.32. The SMILES string of the molecule is Cc1cc(C(=O)N2CCOC(CC(=O)O)C2)ccc1-n1cccn1. The van der Waals surface area contributed by atoms with Crippen LogP contribution in [-0.2, 0) is 9.53 Å². The van der Waals surface area contributed by atoms with Crippen LogP contribution < -0.4 is 0 Å². The third-order valence-corrected chi connectivity index (χ3v) is 4.02. The summed E-state index contributed by atoms with van der Waals surface area (Å²) in [5, 5.41) is 13.1. The number of aromatic nitrogens is 2. The lowest BCUT2D eigenvalue weighted by Crippen LogP contribution is -2.46. The number of morpholine rings is 1. The van der Waals surface area contributed by atoms with E-state index in [1.807, 2.05) is 31.3 Å². The topological polar surface area (TPSA) is 84.7 Å². The minimum Gasteiger partial charge on any atom is -0.481 e. The number of aliphatic carboxylic acids is 1. The maximum atomic E-state index is 12.7. The summed E-state index contributed by atoms with van der Waals surface area (Å²) in [4.78, 5) is 25.2. The van der Waals surface area contributed by atoms with Crippen LogP contribution in [0.4, 0.5) is 0 Å². The molecule has 1 aromatic carbocycles. The van der Waals surface area contributed by atoms with Crippen molar-refractivity contribution in [2.75, 3.05) is 19.7 Å². The van der Waals surface area contributed by atoms with Crippen molar-refractivity contribution in [1.29, 1.82) is 0 Å². The molecule has 0 saturated carbocycles. The monoisotopic (exact) mass is 329 g/mol. The molecule has 1 unspecified atom stereocenters. The smallest absolute Gasteiger partial charge is 0.306 e. The average molecular weight is 329 g/mol. The van der Waals surface area contributed by atoms with Gasteiger partial charge in [0.25, 0.3) is 5.91 Å². The van der Waals surface area contributed by atoms with E-state index >= 15 is 0 Å². The fourth-order valence-corrected chi connectivity index (χ4v) is 2.86. The molecule has 2 aromatic rings. The quantitative estimate of drug-likeness (QED) is 0.919. The van der Waals surface area contributed by atoms with Gasteiger partial charge in [0.15, 0.2) is 0 Å². The number of aryl methyl sites for hydroxylation is 1. The van der Waals surface area contributed by atoms with Crippen molar-refractivity contribution in [2.45, 2.75) is 19.4 Å². The Kier molecular flexibility index (Phi) is 4.61. The summed E-state index contributed by atoms with van der Waals surface area (Å²) in [6.07, 6.45) is 3.00. The van der Waals surface area contributed by atoms with Gasteiger partial charge in [0.05, 0.1) is 24.8 Å². The van der Waals surface area contributed by atoms with E-state index in [2.05, 4.69) is 5.10 Å². The van der Waals surface area contributed by atoms with Gasteiger partial charge in [-0.25, -0.2) is 4.68 Å². The summed E-state index contributed by atoms with van der Waals surface area (Å²) >= 11 is 0. The highest BCUT2D eigenvalue weighted by Gasteiger charge is 2.26.